The standard InChI is InChI=1S/C26H25ClFN5O2/c27-17-8-10-19(11-9-17)31-26(35)32-24(21-5-1-2-6-22(21)28)25(34)30-18-12-14-20(15-13-18)33-16-4-3-7-23(33)29/h1-2,5-6,8-15,24,29H,3-4,7,16H2,(H,30,34)(H2,31,32,35). The molecule has 0 saturated carbocycles. The third kappa shape index (κ3) is 6.16. The summed E-state index contributed by atoms with van der Waals surface area (Å²) in [6, 6.07) is 17.4. The normalized spacial score (nSPS) is 14.2. The van der Waals surface area contributed by atoms with Crippen molar-refractivity contribution in [1.29, 1.82) is 5.41 Å². The number of carbonyl (C=O) groups excluding carboxylic acids is 2. The van der Waals surface area contributed by atoms with Gasteiger partial charge in [0.05, 0.1) is 0 Å². The first-order valence-electron chi connectivity index (χ1n) is 11.2. The van der Waals surface area contributed by atoms with E-state index in [2.05, 4.69) is 16.0 Å². The molecule has 4 rings (SSSR count). The summed E-state index contributed by atoms with van der Waals surface area (Å²) in [7, 11) is 0. The Bertz CT molecular complexity index is 1220. The molecule has 1 heterocycles. The highest BCUT2D eigenvalue weighted by Crippen LogP contribution is 2.24. The number of rotatable bonds is 6. The van der Waals surface area contributed by atoms with Gasteiger partial charge in [0, 0.05) is 40.6 Å². The summed E-state index contributed by atoms with van der Waals surface area (Å²) in [5.74, 6) is -0.637. The molecular formula is C26H25ClFN5O2. The Kier molecular flexibility index (Phi) is 7.62. The lowest BCUT2D eigenvalue weighted by atomic mass is 10.1. The lowest BCUT2D eigenvalue weighted by Gasteiger charge is -2.29. The fourth-order valence-electron chi connectivity index (χ4n) is 3.88. The summed E-state index contributed by atoms with van der Waals surface area (Å²) in [6.07, 6.45) is 2.78. The predicted molar refractivity (Wildman–Crippen MR) is 137 cm³/mol. The van der Waals surface area contributed by atoms with Crippen LogP contribution in [0.3, 0.4) is 0 Å². The molecule has 3 aromatic rings. The Morgan fingerprint density at radius 2 is 1.57 bits per heavy atom. The van der Waals surface area contributed by atoms with Crippen LogP contribution in [-0.2, 0) is 4.79 Å². The Hall–Kier alpha value is -3.91. The van der Waals surface area contributed by atoms with Crippen LogP contribution in [0.5, 0.6) is 0 Å². The summed E-state index contributed by atoms with van der Waals surface area (Å²) in [4.78, 5) is 27.7. The number of benzene rings is 3. The third-order valence-electron chi connectivity index (χ3n) is 5.67. The van der Waals surface area contributed by atoms with E-state index in [0.29, 0.717) is 22.2 Å². The predicted octanol–water partition coefficient (Wildman–Crippen LogP) is 5.95. The van der Waals surface area contributed by atoms with Gasteiger partial charge in [0.2, 0.25) is 0 Å². The minimum atomic E-state index is -1.28. The lowest BCUT2D eigenvalue weighted by molar-refractivity contribution is -0.118. The summed E-state index contributed by atoms with van der Waals surface area (Å²) in [5.41, 5.74) is 1.87. The van der Waals surface area contributed by atoms with E-state index in [1.807, 2.05) is 17.0 Å². The zero-order chi connectivity index (χ0) is 24.8. The minimum Gasteiger partial charge on any atom is -0.330 e. The smallest absolute Gasteiger partial charge is 0.320 e. The molecule has 3 aromatic carbocycles. The lowest BCUT2D eigenvalue weighted by Crippen LogP contribution is -2.39. The molecule has 0 bridgehead atoms. The maximum atomic E-state index is 14.6. The van der Waals surface area contributed by atoms with Crippen molar-refractivity contribution in [2.24, 2.45) is 0 Å². The summed E-state index contributed by atoms with van der Waals surface area (Å²) in [6.45, 7) is 0.784. The average Bonchev–Trinajstić information content (AvgIpc) is 2.85. The molecule has 35 heavy (non-hydrogen) atoms. The van der Waals surface area contributed by atoms with Crippen molar-refractivity contribution in [3.63, 3.8) is 0 Å². The van der Waals surface area contributed by atoms with Crippen molar-refractivity contribution in [2.75, 3.05) is 22.1 Å². The number of nitrogens with zero attached hydrogens (tertiary/aromatic N) is 1. The van der Waals surface area contributed by atoms with Crippen LogP contribution in [0.2, 0.25) is 5.02 Å². The molecule has 7 nitrogen and oxygen atoms in total. The molecule has 180 valence electrons. The first-order valence-corrected chi connectivity index (χ1v) is 11.6. The van der Waals surface area contributed by atoms with Crippen molar-refractivity contribution >= 4 is 46.4 Å². The molecule has 1 atom stereocenters. The molecule has 0 radical (unpaired) electrons. The van der Waals surface area contributed by atoms with Crippen LogP contribution < -0.4 is 20.9 Å². The largest absolute Gasteiger partial charge is 0.330 e. The average molecular weight is 494 g/mol. The van der Waals surface area contributed by atoms with E-state index in [9.17, 15) is 14.0 Å². The Morgan fingerprint density at radius 3 is 2.26 bits per heavy atom. The molecular weight excluding hydrogens is 469 g/mol. The molecule has 1 saturated heterocycles. The zero-order valence-corrected chi connectivity index (χ0v) is 19.6. The van der Waals surface area contributed by atoms with Crippen molar-refractivity contribution in [3.05, 3.63) is 89.2 Å². The highest BCUT2D eigenvalue weighted by molar-refractivity contribution is 6.30. The molecule has 0 aromatic heterocycles. The number of amidine groups is 1. The minimum absolute atomic E-state index is 0.0367. The number of amides is 3. The van der Waals surface area contributed by atoms with Crippen LogP contribution in [0.4, 0.5) is 26.2 Å². The first-order chi connectivity index (χ1) is 16.9. The van der Waals surface area contributed by atoms with Crippen LogP contribution >= 0.6 is 11.6 Å². The monoisotopic (exact) mass is 493 g/mol. The van der Waals surface area contributed by atoms with E-state index in [1.54, 1.807) is 42.5 Å². The topological polar surface area (TPSA) is 97.3 Å². The van der Waals surface area contributed by atoms with Gasteiger partial charge in [-0.3, -0.25) is 10.2 Å². The van der Waals surface area contributed by atoms with E-state index >= 15 is 0 Å². The SMILES string of the molecule is N=C1CCCCN1c1ccc(NC(=O)C(NC(=O)Nc2ccc(Cl)cc2)c2ccccc2F)cc1. The van der Waals surface area contributed by atoms with E-state index in [0.717, 1.165) is 31.5 Å². The molecule has 0 spiro atoms. The maximum absolute atomic E-state index is 14.6. The van der Waals surface area contributed by atoms with Crippen LogP contribution in [0.25, 0.3) is 0 Å². The quantitative estimate of drug-likeness (QED) is 0.341. The Labute approximate surface area is 207 Å². The first kappa shape index (κ1) is 24.2. The van der Waals surface area contributed by atoms with Crippen molar-refractivity contribution < 1.29 is 14.0 Å². The van der Waals surface area contributed by atoms with Gasteiger partial charge in [-0.1, -0.05) is 29.8 Å². The van der Waals surface area contributed by atoms with Crippen LogP contribution in [-0.4, -0.2) is 24.3 Å². The molecule has 4 N–H and O–H groups in total. The fourth-order valence-corrected chi connectivity index (χ4v) is 4.01. The number of carbonyl (C=O) groups is 2. The zero-order valence-electron chi connectivity index (χ0n) is 18.9. The highest BCUT2D eigenvalue weighted by atomic mass is 35.5. The van der Waals surface area contributed by atoms with E-state index in [1.165, 1.54) is 18.2 Å². The van der Waals surface area contributed by atoms with Gasteiger partial charge in [0.15, 0.2) is 0 Å². The van der Waals surface area contributed by atoms with Crippen molar-refractivity contribution in [3.8, 4) is 0 Å². The van der Waals surface area contributed by atoms with Gasteiger partial charge in [-0.15, -0.1) is 0 Å². The molecule has 1 unspecified atom stereocenters. The molecule has 3 amide bonds. The number of piperidine rings is 1. The van der Waals surface area contributed by atoms with Crippen LogP contribution in [0.15, 0.2) is 72.8 Å². The maximum Gasteiger partial charge on any atom is 0.320 e. The van der Waals surface area contributed by atoms with Gasteiger partial charge < -0.3 is 20.9 Å². The second-order valence-corrected chi connectivity index (χ2v) is 8.59. The van der Waals surface area contributed by atoms with Gasteiger partial charge >= 0.3 is 6.03 Å². The van der Waals surface area contributed by atoms with E-state index in [4.69, 9.17) is 17.0 Å². The van der Waals surface area contributed by atoms with E-state index in [-0.39, 0.29) is 5.56 Å². The van der Waals surface area contributed by atoms with E-state index < -0.39 is 23.8 Å². The fraction of sp³-hybridized carbons (Fsp3) is 0.192. The number of hydrogen-bond donors (Lipinski definition) is 4. The molecule has 1 aliphatic rings. The summed E-state index contributed by atoms with van der Waals surface area (Å²) < 4.78 is 14.6. The number of anilines is 3. The Morgan fingerprint density at radius 1 is 0.914 bits per heavy atom. The van der Waals surface area contributed by atoms with Gasteiger partial charge in [-0.2, -0.15) is 0 Å². The van der Waals surface area contributed by atoms with Crippen LogP contribution in [0.1, 0.15) is 30.9 Å². The highest BCUT2D eigenvalue weighted by Gasteiger charge is 2.26. The summed E-state index contributed by atoms with van der Waals surface area (Å²) >= 11 is 5.87. The summed E-state index contributed by atoms with van der Waals surface area (Å²) in [5, 5.41) is 16.6. The van der Waals surface area contributed by atoms with Crippen molar-refractivity contribution in [1.82, 2.24) is 5.32 Å². The number of urea groups is 1. The van der Waals surface area contributed by atoms with Gasteiger partial charge in [-0.05, 0) is 67.4 Å². The second-order valence-electron chi connectivity index (χ2n) is 8.15. The number of halogens is 2. The van der Waals surface area contributed by atoms with Crippen LogP contribution in [0, 0.1) is 11.2 Å². The van der Waals surface area contributed by atoms with Crippen molar-refractivity contribution in [2.45, 2.75) is 25.3 Å². The molecule has 1 aliphatic heterocycles. The van der Waals surface area contributed by atoms with Gasteiger partial charge in [0.1, 0.15) is 17.7 Å². The Balaban J connectivity index is 1.49. The molecule has 9 heteroatoms. The second kappa shape index (κ2) is 11.0. The number of hydrogen-bond acceptors (Lipinski definition) is 3. The van der Waals surface area contributed by atoms with Gasteiger partial charge in [0.25, 0.3) is 5.91 Å². The molecule has 1 fully saturated rings. The van der Waals surface area contributed by atoms with Gasteiger partial charge in [-0.25, -0.2) is 9.18 Å². The third-order valence-corrected chi connectivity index (χ3v) is 5.93. The molecule has 0 aliphatic carbocycles. The number of nitrogens with one attached hydrogen (secondary N) is 4.